The minimum absolute atomic E-state index is 0.0255. The molecular weight excluding hydrogens is 390 g/mol. The van der Waals surface area contributed by atoms with Crippen LogP contribution >= 0.6 is 0 Å². The summed E-state index contributed by atoms with van der Waals surface area (Å²) in [6.07, 6.45) is 3.34. The van der Waals surface area contributed by atoms with Gasteiger partial charge in [-0.3, -0.25) is 9.59 Å². The predicted octanol–water partition coefficient (Wildman–Crippen LogP) is 2.87. The average Bonchev–Trinajstić information content (AvgIpc) is 3.13. The van der Waals surface area contributed by atoms with Crippen LogP contribution in [0.4, 0.5) is 5.69 Å². The van der Waals surface area contributed by atoms with Gasteiger partial charge in [-0.25, -0.2) is 0 Å². The highest BCUT2D eigenvalue weighted by Crippen LogP contribution is 2.37. The van der Waals surface area contributed by atoms with Gasteiger partial charge in [0.05, 0.1) is 13.8 Å². The van der Waals surface area contributed by atoms with Gasteiger partial charge < -0.3 is 19.9 Å². The summed E-state index contributed by atoms with van der Waals surface area (Å²) in [7, 11) is 1.65. The molecule has 2 aliphatic heterocycles. The van der Waals surface area contributed by atoms with Crippen molar-refractivity contribution >= 4 is 17.4 Å². The van der Waals surface area contributed by atoms with E-state index in [0.717, 1.165) is 67.9 Å². The zero-order valence-electron chi connectivity index (χ0n) is 18.0. The Morgan fingerprint density at radius 1 is 1.10 bits per heavy atom. The fraction of sp³-hybridized carbons (Fsp3) is 0.440. The molecule has 1 unspecified atom stereocenters. The van der Waals surface area contributed by atoms with Crippen LogP contribution in [-0.2, 0) is 11.2 Å². The quantitative estimate of drug-likeness (QED) is 0.826. The maximum atomic E-state index is 13.1. The second-order valence-corrected chi connectivity index (χ2v) is 8.88. The van der Waals surface area contributed by atoms with Gasteiger partial charge in [0.1, 0.15) is 11.3 Å². The first-order chi connectivity index (χ1) is 15.1. The molecule has 0 aromatic heterocycles. The van der Waals surface area contributed by atoms with Gasteiger partial charge in [-0.1, -0.05) is 18.2 Å². The van der Waals surface area contributed by atoms with Gasteiger partial charge in [0.2, 0.25) is 5.91 Å². The van der Waals surface area contributed by atoms with E-state index in [1.54, 1.807) is 7.11 Å². The maximum Gasteiger partial charge on any atom is 0.247 e. The molecule has 6 nitrogen and oxygen atoms in total. The van der Waals surface area contributed by atoms with Crippen LogP contribution in [-0.4, -0.2) is 55.5 Å². The van der Waals surface area contributed by atoms with E-state index in [-0.39, 0.29) is 17.6 Å². The first-order valence-electron chi connectivity index (χ1n) is 11.2. The predicted molar refractivity (Wildman–Crippen MR) is 119 cm³/mol. The number of para-hydroxylation sites is 1. The highest BCUT2D eigenvalue weighted by molar-refractivity contribution is 6.00. The summed E-state index contributed by atoms with van der Waals surface area (Å²) in [5.74, 6) is 1.21. The van der Waals surface area contributed by atoms with E-state index in [1.807, 2.05) is 36.4 Å². The van der Waals surface area contributed by atoms with Crippen LogP contribution in [0.25, 0.3) is 0 Å². The minimum atomic E-state index is -0.475. The Morgan fingerprint density at radius 2 is 1.87 bits per heavy atom. The molecule has 2 saturated heterocycles. The van der Waals surface area contributed by atoms with Crippen molar-refractivity contribution in [1.29, 1.82) is 0 Å². The maximum absolute atomic E-state index is 13.1. The number of carbonyl (C=O) groups excluding carboxylic acids is 2. The van der Waals surface area contributed by atoms with Crippen LogP contribution in [0.3, 0.4) is 0 Å². The van der Waals surface area contributed by atoms with Crippen molar-refractivity contribution < 1.29 is 14.3 Å². The Hall–Kier alpha value is -2.86. The number of hydrogen-bond acceptors (Lipinski definition) is 5. The highest BCUT2D eigenvalue weighted by Gasteiger charge is 2.50. The van der Waals surface area contributed by atoms with E-state index in [0.29, 0.717) is 6.67 Å². The minimum Gasteiger partial charge on any atom is -0.497 e. The van der Waals surface area contributed by atoms with E-state index in [4.69, 9.17) is 4.74 Å². The first-order valence-corrected chi connectivity index (χ1v) is 11.2. The lowest BCUT2D eigenvalue weighted by Gasteiger charge is -2.44. The van der Waals surface area contributed by atoms with Gasteiger partial charge in [0.25, 0.3) is 0 Å². The fourth-order valence-corrected chi connectivity index (χ4v) is 5.45. The van der Waals surface area contributed by atoms with E-state index in [1.165, 1.54) is 0 Å². The molecule has 1 N–H and O–H groups in total. The number of anilines is 1. The molecule has 2 fully saturated rings. The number of amides is 1. The Bertz CT molecular complexity index is 983. The zero-order valence-corrected chi connectivity index (χ0v) is 18.0. The molecular formula is C25H29N3O3. The van der Waals surface area contributed by atoms with Crippen LogP contribution in [0.1, 0.15) is 35.2 Å². The number of benzene rings is 2. The van der Waals surface area contributed by atoms with Crippen LogP contribution in [0.2, 0.25) is 0 Å². The average molecular weight is 420 g/mol. The van der Waals surface area contributed by atoms with Crippen molar-refractivity contribution in [3.8, 4) is 5.75 Å². The summed E-state index contributed by atoms with van der Waals surface area (Å²) >= 11 is 0. The van der Waals surface area contributed by atoms with Crippen molar-refractivity contribution in [2.45, 2.75) is 31.2 Å². The van der Waals surface area contributed by atoms with Crippen molar-refractivity contribution in [2.24, 2.45) is 5.92 Å². The van der Waals surface area contributed by atoms with Gasteiger partial charge in [0, 0.05) is 36.8 Å². The van der Waals surface area contributed by atoms with Crippen LogP contribution in [0, 0.1) is 5.92 Å². The molecule has 1 spiro atoms. The zero-order chi connectivity index (χ0) is 21.4. The third kappa shape index (κ3) is 3.49. The lowest BCUT2D eigenvalue weighted by molar-refractivity contribution is -0.125. The Labute approximate surface area is 183 Å². The van der Waals surface area contributed by atoms with Gasteiger partial charge in [-0.2, -0.15) is 0 Å². The van der Waals surface area contributed by atoms with Crippen LogP contribution in [0.15, 0.2) is 48.5 Å². The molecule has 6 heteroatoms. The van der Waals surface area contributed by atoms with E-state index in [2.05, 4.69) is 27.2 Å². The number of likely N-dealkylation sites (tertiary alicyclic amines) is 1. The second kappa shape index (κ2) is 8.00. The summed E-state index contributed by atoms with van der Waals surface area (Å²) < 4.78 is 5.30. The molecule has 1 amide bonds. The molecule has 162 valence electrons. The van der Waals surface area contributed by atoms with E-state index in [9.17, 15) is 9.59 Å². The number of aryl methyl sites for hydroxylation is 1. The van der Waals surface area contributed by atoms with Crippen molar-refractivity contribution in [2.75, 3.05) is 38.3 Å². The molecule has 0 saturated carbocycles. The molecule has 31 heavy (non-hydrogen) atoms. The first kappa shape index (κ1) is 20.1. The largest absolute Gasteiger partial charge is 0.497 e. The standard InChI is InChI=1S/C25H29N3O3/c1-31-21-9-10-22-18(15-21)7-8-19(23(22)29)16-27-13-11-25(12-14-27)24(30)26-17-28(25)20-5-3-2-4-6-20/h2-6,9-10,15,19H,7-8,11-14,16-17H2,1H3,(H,26,30). The number of fused-ring (bicyclic) bond motifs is 1. The number of Topliss-reactive ketones (excluding diaryl/α,β-unsaturated/α-hetero) is 1. The summed E-state index contributed by atoms with van der Waals surface area (Å²) in [6, 6.07) is 16.0. The number of rotatable bonds is 4. The smallest absolute Gasteiger partial charge is 0.247 e. The highest BCUT2D eigenvalue weighted by atomic mass is 16.5. The van der Waals surface area contributed by atoms with E-state index < -0.39 is 5.54 Å². The Morgan fingerprint density at radius 3 is 2.61 bits per heavy atom. The number of ketones is 1. The topological polar surface area (TPSA) is 61.9 Å². The Kier molecular flexibility index (Phi) is 5.18. The molecule has 3 aliphatic rings. The molecule has 2 aromatic carbocycles. The number of nitrogens with zero attached hydrogens (tertiary/aromatic N) is 2. The third-order valence-corrected chi connectivity index (χ3v) is 7.28. The number of ether oxygens (including phenoxy) is 1. The molecule has 1 aliphatic carbocycles. The molecule has 0 bridgehead atoms. The van der Waals surface area contributed by atoms with Crippen LogP contribution < -0.4 is 15.0 Å². The SMILES string of the molecule is COc1ccc2c(c1)CCC(CN1CCC3(CC1)C(=O)NCN3c1ccccc1)C2=O. The number of piperidine rings is 1. The van der Waals surface area contributed by atoms with Gasteiger partial charge in [-0.15, -0.1) is 0 Å². The summed E-state index contributed by atoms with van der Waals surface area (Å²) in [4.78, 5) is 30.5. The van der Waals surface area contributed by atoms with Gasteiger partial charge in [-0.05, 0) is 61.6 Å². The fourth-order valence-electron chi connectivity index (χ4n) is 5.45. The molecule has 5 rings (SSSR count). The monoisotopic (exact) mass is 419 g/mol. The Balaban J connectivity index is 1.26. The molecule has 0 radical (unpaired) electrons. The molecule has 2 heterocycles. The number of nitrogens with one attached hydrogen (secondary N) is 1. The van der Waals surface area contributed by atoms with E-state index >= 15 is 0 Å². The number of carbonyl (C=O) groups is 2. The van der Waals surface area contributed by atoms with Gasteiger partial charge >= 0.3 is 0 Å². The van der Waals surface area contributed by atoms with Gasteiger partial charge in [0.15, 0.2) is 5.78 Å². The van der Waals surface area contributed by atoms with Crippen LogP contribution in [0.5, 0.6) is 5.75 Å². The summed E-state index contributed by atoms with van der Waals surface area (Å²) in [5, 5.41) is 3.06. The second-order valence-electron chi connectivity index (χ2n) is 8.88. The molecule has 2 aromatic rings. The number of hydrogen-bond donors (Lipinski definition) is 1. The van der Waals surface area contributed by atoms with Crippen molar-refractivity contribution in [3.05, 3.63) is 59.7 Å². The third-order valence-electron chi connectivity index (χ3n) is 7.28. The lowest BCUT2D eigenvalue weighted by Crippen LogP contribution is -2.57. The normalized spacial score (nSPS) is 23.0. The molecule has 1 atom stereocenters. The summed E-state index contributed by atoms with van der Waals surface area (Å²) in [5.41, 5.74) is 2.55. The van der Waals surface area contributed by atoms with Crippen molar-refractivity contribution in [3.63, 3.8) is 0 Å². The lowest BCUT2D eigenvalue weighted by atomic mass is 9.81. The number of methoxy groups -OCH3 is 1. The summed E-state index contributed by atoms with van der Waals surface area (Å²) in [6.45, 7) is 2.99. The van der Waals surface area contributed by atoms with Crippen molar-refractivity contribution in [1.82, 2.24) is 10.2 Å².